The molecule has 0 radical (unpaired) electrons. The zero-order valence-electron chi connectivity index (χ0n) is 11.4. The largest absolute Gasteiger partial charge is 0.481 e. The van der Waals surface area contributed by atoms with E-state index in [1.165, 1.54) is 4.31 Å². The highest BCUT2D eigenvalue weighted by Crippen LogP contribution is 2.34. The molecule has 0 bridgehead atoms. The van der Waals surface area contributed by atoms with Crippen LogP contribution in [0.3, 0.4) is 0 Å². The maximum absolute atomic E-state index is 12.6. The number of hydrogen-bond donors (Lipinski definition) is 1. The summed E-state index contributed by atoms with van der Waals surface area (Å²) in [4.78, 5) is 13.2. The maximum atomic E-state index is 12.6. The molecule has 19 heavy (non-hydrogen) atoms. The van der Waals surface area contributed by atoms with Gasteiger partial charge in [-0.15, -0.1) is 0 Å². The molecule has 2 aliphatic rings. The van der Waals surface area contributed by atoms with E-state index in [1.807, 2.05) is 19.0 Å². The van der Waals surface area contributed by atoms with Crippen LogP contribution in [0.25, 0.3) is 0 Å². The number of sulfonamides is 1. The maximum Gasteiger partial charge on any atom is 0.307 e. The van der Waals surface area contributed by atoms with Gasteiger partial charge in [-0.3, -0.25) is 4.79 Å². The van der Waals surface area contributed by atoms with Crippen molar-refractivity contribution in [3.63, 3.8) is 0 Å². The molecule has 0 aromatic carbocycles. The van der Waals surface area contributed by atoms with Crippen LogP contribution in [0, 0.1) is 5.92 Å². The summed E-state index contributed by atoms with van der Waals surface area (Å²) in [5, 5.41) is 8.41. The average molecular weight is 290 g/mol. The molecule has 110 valence electrons. The fourth-order valence-electron chi connectivity index (χ4n) is 3.12. The van der Waals surface area contributed by atoms with Gasteiger partial charge < -0.3 is 10.0 Å². The first-order chi connectivity index (χ1) is 8.84. The van der Waals surface area contributed by atoms with Gasteiger partial charge >= 0.3 is 5.97 Å². The molecular weight excluding hydrogens is 268 g/mol. The fourth-order valence-corrected chi connectivity index (χ4v) is 5.37. The van der Waals surface area contributed by atoms with E-state index < -0.39 is 27.2 Å². The smallest absolute Gasteiger partial charge is 0.307 e. The molecule has 7 heteroatoms. The predicted octanol–water partition coefficient (Wildman–Crippen LogP) is 0.205. The molecule has 2 fully saturated rings. The highest BCUT2D eigenvalue weighted by molar-refractivity contribution is 7.89. The summed E-state index contributed by atoms with van der Waals surface area (Å²) in [6.07, 6.45) is 2.45. The van der Waals surface area contributed by atoms with E-state index in [1.54, 1.807) is 0 Å². The molecule has 2 rings (SSSR count). The lowest BCUT2D eigenvalue weighted by molar-refractivity contribution is -0.141. The summed E-state index contributed by atoms with van der Waals surface area (Å²) >= 11 is 0. The van der Waals surface area contributed by atoms with Crippen molar-refractivity contribution in [3.05, 3.63) is 0 Å². The number of nitrogens with zero attached hydrogens (tertiary/aromatic N) is 2. The lowest BCUT2D eigenvalue weighted by Gasteiger charge is -2.25. The minimum Gasteiger partial charge on any atom is -0.481 e. The van der Waals surface area contributed by atoms with Crippen LogP contribution in [0.15, 0.2) is 0 Å². The zero-order chi connectivity index (χ0) is 14.2. The molecule has 1 saturated carbocycles. The Morgan fingerprint density at radius 1 is 1.26 bits per heavy atom. The topological polar surface area (TPSA) is 77.9 Å². The molecule has 0 aromatic rings. The molecular formula is C12H22N2O4S. The lowest BCUT2D eigenvalue weighted by atomic mass is 10.1. The van der Waals surface area contributed by atoms with Crippen LogP contribution >= 0.6 is 0 Å². The Labute approximate surface area is 114 Å². The molecule has 1 N–H and O–H groups in total. The summed E-state index contributed by atoms with van der Waals surface area (Å²) in [6.45, 7) is 0.992. The van der Waals surface area contributed by atoms with Gasteiger partial charge in [0.25, 0.3) is 0 Å². The minimum absolute atomic E-state index is 0.236. The van der Waals surface area contributed by atoms with E-state index in [2.05, 4.69) is 0 Å². The quantitative estimate of drug-likeness (QED) is 0.800. The van der Waals surface area contributed by atoms with Gasteiger partial charge in [-0.1, -0.05) is 6.42 Å². The van der Waals surface area contributed by atoms with Gasteiger partial charge in [-0.2, -0.15) is 0 Å². The molecule has 1 heterocycles. The van der Waals surface area contributed by atoms with Crippen LogP contribution in [0.4, 0.5) is 0 Å². The first-order valence-corrected chi connectivity index (χ1v) is 8.22. The summed E-state index contributed by atoms with van der Waals surface area (Å²) in [5.41, 5.74) is 0. The van der Waals surface area contributed by atoms with E-state index in [0.29, 0.717) is 32.4 Å². The van der Waals surface area contributed by atoms with Gasteiger partial charge in [0, 0.05) is 19.1 Å². The highest BCUT2D eigenvalue weighted by atomic mass is 32.2. The van der Waals surface area contributed by atoms with Gasteiger partial charge in [-0.05, 0) is 33.4 Å². The molecule has 0 amide bonds. The first-order valence-electron chi connectivity index (χ1n) is 6.72. The van der Waals surface area contributed by atoms with Crippen molar-refractivity contribution in [2.75, 3.05) is 27.2 Å². The van der Waals surface area contributed by atoms with Gasteiger partial charge in [-0.25, -0.2) is 12.7 Å². The molecule has 0 aromatic heterocycles. The van der Waals surface area contributed by atoms with Crippen molar-refractivity contribution in [2.45, 2.75) is 37.0 Å². The minimum atomic E-state index is -3.47. The standard InChI is InChI=1S/C12H22N2O4S/c1-13(2)9-6-7-14(8-9)19(17,18)11-5-3-4-10(11)12(15)16/h9-11H,3-8H2,1-2H3,(H,15,16). The number of aliphatic carboxylic acids is 1. The van der Waals surface area contributed by atoms with E-state index in [4.69, 9.17) is 5.11 Å². The van der Waals surface area contributed by atoms with Gasteiger partial charge in [0.15, 0.2) is 0 Å². The Bertz CT molecular complexity index is 449. The number of rotatable bonds is 4. The van der Waals surface area contributed by atoms with Crippen molar-refractivity contribution in [1.29, 1.82) is 0 Å². The Morgan fingerprint density at radius 2 is 1.95 bits per heavy atom. The first kappa shape index (κ1) is 14.7. The van der Waals surface area contributed by atoms with Crippen molar-refractivity contribution < 1.29 is 18.3 Å². The van der Waals surface area contributed by atoms with E-state index >= 15 is 0 Å². The van der Waals surface area contributed by atoms with Crippen LogP contribution < -0.4 is 0 Å². The van der Waals surface area contributed by atoms with Crippen LogP contribution in [0.2, 0.25) is 0 Å². The normalized spacial score (nSPS) is 33.1. The number of carboxylic acid groups (broad SMARTS) is 1. The molecule has 3 atom stereocenters. The van der Waals surface area contributed by atoms with Crippen molar-refractivity contribution in [1.82, 2.24) is 9.21 Å². The lowest BCUT2D eigenvalue weighted by Crippen LogP contribution is -2.42. The molecule has 3 unspecified atom stereocenters. The number of carboxylic acids is 1. The zero-order valence-corrected chi connectivity index (χ0v) is 12.3. The Balaban J connectivity index is 2.13. The van der Waals surface area contributed by atoms with Crippen LogP contribution in [0.1, 0.15) is 25.7 Å². The fraction of sp³-hybridized carbons (Fsp3) is 0.917. The Morgan fingerprint density at radius 3 is 2.47 bits per heavy atom. The van der Waals surface area contributed by atoms with E-state index in [0.717, 1.165) is 6.42 Å². The Hall–Kier alpha value is -0.660. The third-order valence-corrected chi connectivity index (χ3v) is 6.75. The summed E-state index contributed by atoms with van der Waals surface area (Å²) in [6, 6.07) is 0.236. The highest BCUT2D eigenvalue weighted by Gasteiger charge is 2.46. The second-order valence-electron chi connectivity index (χ2n) is 5.72. The van der Waals surface area contributed by atoms with E-state index in [9.17, 15) is 13.2 Å². The third-order valence-electron chi connectivity index (χ3n) is 4.37. The predicted molar refractivity (Wildman–Crippen MR) is 71.3 cm³/mol. The van der Waals surface area contributed by atoms with Gasteiger partial charge in [0.2, 0.25) is 10.0 Å². The molecule has 1 aliphatic heterocycles. The van der Waals surface area contributed by atoms with Gasteiger partial charge in [0.1, 0.15) is 0 Å². The molecule has 1 saturated heterocycles. The summed E-state index contributed by atoms with van der Waals surface area (Å²) in [5.74, 6) is -1.71. The van der Waals surface area contributed by atoms with Crippen molar-refractivity contribution in [2.24, 2.45) is 5.92 Å². The second-order valence-corrected chi connectivity index (χ2v) is 7.87. The van der Waals surface area contributed by atoms with Crippen LogP contribution in [-0.2, 0) is 14.8 Å². The Kier molecular flexibility index (Phi) is 4.17. The summed E-state index contributed by atoms with van der Waals surface area (Å²) < 4.78 is 26.6. The third kappa shape index (κ3) is 2.78. The van der Waals surface area contributed by atoms with Crippen LogP contribution in [-0.4, -0.2) is 67.2 Å². The average Bonchev–Trinajstić information content (AvgIpc) is 2.98. The van der Waals surface area contributed by atoms with Gasteiger partial charge in [0.05, 0.1) is 11.2 Å². The molecule has 6 nitrogen and oxygen atoms in total. The number of likely N-dealkylation sites (N-methyl/N-ethyl adjacent to an activating group) is 1. The molecule has 0 spiro atoms. The SMILES string of the molecule is CN(C)C1CCN(S(=O)(=O)C2CCCC2C(=O)O)C1. The number of hydrogen-bond acceptors (Lipinski definition) is 4. The monoisotopic (exact) mass is 290 g/mol. The molecule has 1 aliphatic carbocycles. The van der Waals surface area contributed by atoms with E-state index in [-0.39, 0.29) is 6.04 Å². The van der Waals surface area contributed by atoms with Crippen molar-refractivity contribution in [3.8, 4) is 0 Å². The van der Waals surface area contributed by atoms with Crippen molar-refractivity contribution >= 4 is 16.0 Å². The van der Waals surface area contributed by atoms with Crippen LogP contribution in [0.5, 0.6) is 0 Å². The number of carbonyl (C=O) groups is 1. The second kappa shape index (κ2) is 5.38. The summed E-state index contributed by atoms with van der Waals surface area (Å²) in [7, 11) is 0.409.